The van der Waals surface area contributed by atoms with Crippen molar-refractivity contribution in [1.29, 1.82) is 0 Å². The number of carbonyl (C=O) groups excluding carboxylic acids is 1. The zero-order valence-electron chi connectivity index (χ0n) is 15.0. The Morgan fingerprint density at radius 1 is 1.08 bits per heavy atom. The Hall–Kier alpha value is -2.75. The Bertz CT molecular complexity index is 710. The summed E-state index contributed by atoms with van der Waals surface area (Å²) < 4.78 is 10.5. The molecule has 0 radical (unpaired) electrons. The first kappa shape index (κ1) is 18.6. The summed E-state index contributed by atoms with van der Waals surface area (Å²) in [5, 5.41) is 2.99. The van der Waals surface area contributed by atoms with Crippen LogP contribution in [0.25, 0.3) is 6.08 Å². The number of nitrogens with one attached hydrogen (secondary N) is 1. The standard InChI is InChI=1S/C21H25NO3/c1-16(9-10-17-7-5-4-6-8-17)22-21(23)14-12-18-11-13-19(24-2)20(15-18)25-3/h4-8,11-16H,9-10H2,1-3H3,(H,22,23)/t16-/m1/s1. The van der Waals surface area contributed by atoms with Gasteiger partial charge in [-0.1, -0.05) is 36.4 Å². The summed E-state index contributed by atoms with van der Waals surface area (Å²) in [7, 11) is 3.18. The van der Waals surface area contributed by atoms with E-state index in [9.17, 15) is 4.79 Å². The van der Waals surface area contributed by atoms with Crippen LogP contribution in [0, 0.1) is 0 Å². The molecule has 132 valence electrons. The van der Waals surface area contributed by atoms with E-state index in [2.05, 4.69) is 17.4 Å². The molecule has 25 heavy (non-hydrogen) atoms. The molecule has 1 N–H and O–H groups in total. The van der Waals surface area contributed by atoms with Crippen molar-refractivity contribution in [2.75, 3.05) is 14.2 Å². The predicted molar refractivity (Wildman–Crippen MR) is 101 cm³/mol. The van der Waals surface area contributed by atoms with Gasteiger partial charge in [0.2, 0.25) is 5.91 Å². The third-order valence-electron chi connectivity index (χ3n) is 3.93. The van der Waals surface area contributed by atoms with Crippen molar-refractivity contribution in [2.45, 2.75) is 25.8 Å². The van der Waals surface area contributed by atoms with Crippen LogP contribution in [0.1, 0.15) is 24.5 Å². The first-order valence-corrected chi connectivity index (χ1v) is 8.37. The van der Waals surface area contributed by atoms with Gasteiger partial charge in [0, 0.05) is 12.1 Å². The Kier molecular flexibility index (Phi) is 7.08. The van der Waals surface area contributed by atoms with Crippen LogP contribution in [0.4, 0.5) is 0 Å². The van der Waals surface area contributed by atoms with Crippen LogP contribution in [0.3, 0.4) is 0 Å². The molecule has 0 saturated carbocycles. The molecule has 4 heteroatoms. The molecule has 0 aliphatic rings. The Labute approximate surface area is 149 Å². The first-order chi connectivity index (χ1) is 12.1. The van der Waals surface area contributed by atoms with Gasteiger partial charge < -0.3 is 14.8 Å². The normalized spacial score (nSPS) is 12.0. The minimum absolute atomic E-state index is 0.102. The van der Waals surface area contributed by atoms with Crippen LogP contribution in [0.5, 0.6) is 11.5 Å². The monoisotopic (exact) mass is 339 g/mol. The van der Waals surface area contributed by atoms with Crippen molar-refractivity contribution in [2.24, 2.45) is 0 Å². The lowest BCUT2D eigenvalue weighted by atomic mass is 10.1. The van der Waals surface area contributed by atoms with Crippen molar-refractivity contribution in [3.63, 3.8) is 0 Å². The number of hydrogen-bond acceptors (Lipinski definition) is 3. The maximum absolute atomic E-state index is 12.1. The summed E-state index contributed by atoms with van der Waals surface area (Å²) in [6.07, 6.45) is 5.16. The van der Waals surface area contributed by atoms with Crippen LogP contribution >= 0.6 is 0 Å². The fraction of sp³-hybridized carbons (Fsp3) is 0.286. The molecular formula is C21H25NO3. The van der Waals surface area contributed by atoms with Gasteiger partial charge in [0.1, 0.15) is 0 Å². The van der Waals surface area contributed by atoms with Crippen LogP contribution < -0.4 is 14.8 Å². The zero-order chi connectivity index (χ0) is 18.1. The number of rotatable bonds is 8. The molecule has 0 aliphatic carbocycles. The van der Waals surface area contributed by atoms with E-state index in [1.54, 1.807) is 26.4 Å². The zero-order valence-corrected chi connectivity index (χ0v) is 15.0. The van der Waals surface area contributed by atoms with Gasteiger partial charge in [-0.05, 0) is 49.1 Å². The van der Waals surface area contributed by atoms with Crippen molar-refractivity contribution in [3.8, 4) is 11.5 Å². The minimum Gasteiger partial charge on any atom is -0.493 e. The molecule has 2 aromatic carbocycles. The van der Waals surface area contributed by atoms with Crippen molar-refractivity contribution in [1.82, 2.24) is 5.32 Å². The summed E-state index contributed by atoms with van der Waals surface area (Å²) in [6.45, 7) is 2.02. The number of methoxy groups -OCH3 is 2. The Morgan fingerprint density at radius 2 is 1.80 bits per heavy atom. The van der Waals surface area contributed by atoms with Crippen LogP contribution in [-0.4, -0.2) is 26.2 Å². The number of amides is 1. The van der Waals surface area contributed by atoms with Crippen LogP contribution in [0.2, 0.25) is 0 Å². The van der Waals surface area contributed by atoms with E-state index >= 15 is 0 Å². The maximum atomic E-state index is 12.1. The van der Waals surface area contributed by atoms with Gasteiger partial charge in [0.15, 0.2) is 11.5 Å². The second-order valence-electron chi connectivity index (χ2n) is 5.88. The molecule has 0 spiro atoms. The minimum atomic E-state index is -0.102. The van der Waals surface area contributed by atoms with Crippen molar-refractivity contribution in [3.05, 3.63) is 65.7 Å². The van der Waals surface area contributed by atoms with Crippen molar-refractivity contribution < 1.29 is 14.3 Å². The number of hydrogen-bond donors (Lipinski definition) is 1. The highest BCUT2D eigenvalue weighted by Gasteiger charge is 2.06. The molecule has 0 bridgehead atoms. The molecule has 0 heterocycles. The first-order valence-electron chi connectivity index (χ1n) is 8.37. The molecule has 1 amide bonds. The lowest BCUT2D eigenvalue weighted by Gasteiger charge is -2.12. The Balaban J connectivity index is 1.85. The van der Waals surface area contributed by atoms with Crippen LogP contribution in [-0.2, 0) is 11.2 Å². The van der Waals surface area contributed by atoms with E-state index in [-0.39, 0.29) is 11.9 Å². The average molecular weight is 339 g/mol. The molecule has 2 rings (SSSR count). The highest BCUT2D eigenvalue weighted by Crippen LogP contribution is 2.27. The van der Waals surface area contributed by atoms with E-state index in [1.165, 1.54) is 5.56 Å². The molecule has 0 saturated heterocycles. The van der Waals surface area contributed by atoms with Crippen LogP contribution in [0.15, 0.2) is 54.6 Å². The lowest BCUT2D eigenvalue weighted by molar-refractivity contribution is -0.117. The molecule has 0 aliphatic heterocycles. The quantitative estimate of drug-likeness (QED) is 0.743. The van der Waals surface area contributed by atoms with Gasteiger partial charge in [0.25, 0.3) is 0 Å². The number of benzene rings is 2. The second-order valence-corrected chi connectivity index (χ2v) is 5.88. The van der Waals surface area contributed by atoms with Gasteiger partial charge >= 0.3 is 0 Å². The summed E-state index contributed by atoms with van der Waals surface area (Å²) in [4.78, 5) is 12.1. The molecule has 0 fully saturated rings. The molecule has 2 aromatic rings. The Morgan fingerprint density at radius 3 is 2.48 bits per heavy atom. The second kappa shape index (κ2) is 9.52. The number of carbonyl (C=O) groups is 1. The van der Waals surface area contributed by atoms with E-state index in [4.69, 9.17) is 9.47 Å². The largest absolute Gasteiger partial charge is 0.493 e. The van der Waals surface area contributed by atoms with Gasteiger partial charge in [-0.2, -0.15) is 0 Å². The summed E-state index contributed by atoms with van der Waals surface area (Å²) in [5.74, 6) is 1.20. The lowest BCUT2D eigenvalue weighted by Crippen LogP contribution is -2.31. The highest BCUT2D eigenvalue weighted by atomic mass is 16.5. The smallest absolute Gasteiger partial charge is 0.244 e. The predicted octanol–water partition coefficient (Wildman–Crippen LogP) is 3.85. The molecule has 1 atom stereocenters. The van der Waals surface area contributed by atoms with Gasteiger partial charge in [-0.25, -0.2) is 0 Å². The number of aryl methyl sites for hydroxylation is 1. The van der Waals surface area contributed by atoms with Gasteiger partial charge in [0.05, 0.1) is 14.2 Å². The molecule has 0 unspecified atom stereocenters. The molecule has 0 aromatic heterocycles. The van der Waals surface area contributed by atoms with E-state index in [1.807, 2.05) is 43.3 Å². The van der Waals surface area contributed by atoms with Crippen molar-refractivity contribution >= 4 is 12.0 Å². The molecule has 4 nitrogen and oxygen atoms in total. The van der Waals surface area contributed by atoms with E-state index < -0.39 is 0 Å². The van der Waals surface area contributed by atoms with Gasteiger partial charge in [-0.3, -0.25) is 4.79 Å². The van der Waals surface area contributed by atoms with E-state index in [0.717, 1.165) is 18.4 Å². The topological polar surface area (TPSA) is 47.6 Å². The third kappa shape index (κ3) is 5.99. The fourth-order valence-electron chi connectivity index (χ4n) is 2.52. The third-order valence-corrected chi connectivity index (χ3v) is 3.93. The number of ether oxygens (including phenoxy) is 2. The summed E-state index contributed by atoms with van der Waals surface area (Å²) in [6, 6.07) is 15.9. The van der Waals surface area contributed by atoms with Gasteiger partial charge in [-0.15, -0.1) is 0 Å². The maximum Gasteiger partial charge on any atom is 0.244 e. The SMILES string of the molecule is COc1ccc(C=CC(=O)N[C@H](C)CCc2ccccc2)cc1OC. The summed E-state index contributed by atoms with van der Waals surface area (Å²) in [5.41, 5.74) is 2.16. The highest BCUT2D eigenvalue weighted by molar-refractivity contribution is 5.92. The molecular weight excluding hydrogens is 314 g/mol. The van der Waals surface area contributed by atoms with E-state index in [0.29, 0.717) is 11.5 Å². The summed E-state index contributed by atoms with van der Waals surface area (Å²) >= 11 is 0. The average Bonchev–Trinajstić information content (AvgIpc) is 2.65. The fourth-order valence-corrected chi connectivity index (χ4v) is 2.52.